The summed E-state index contributed by atoms with van der Waals surface area (Å²) in [4.78, 5) is 12.4. The summed E-state index contributed by atoms with van der Waals surface area (Å²) in [7, 11) is 0. The van der Waals surface area contributed by atoms with E-state index in [1.165, 1.54) is 37.0 Å². The SMILES string of the molecule is Cc1cc(F)ccc1C(=O)c1ccc(C2CCC2)cc1. The summed E-state index contributed by atoms with van der Waals surface area (Å²) >= 11 is 0. The van der Waals surface area contributed by atoms with Crippen LogP contribution < -0.4 is 0 Å². The van der Waals surface area contributed by atoms with Gasteiger partial charge in [0.05, 0.1) is 0 Å². The first-order chi connectivity index (χ1) is 9.65. The van der Waals surface area contributed by atoms with Gasteiger partial charge < -0.3 is 0 Å². The molecule has 2 aromatic carbocycles. The lowest BCUT2D eigenvalue weighted by molar-refractivity contribution is 0.103. The minimum Gasteiger partial charge on any atom is -0.289 e. The first kappa shape index (κ1) is 13.0. The van der Waals surface area contributed by atoms with Crippen molar-refractivity contribution in [2.75, 3.05) is 0 Å². The molecule has 102 valence electrons. The lowest BCUT2D eigenvalue weighted by Crippen LogP contribution is -2.09. The summed E-state index contributed by atoms with van der Waals surface area (Å²) in [5.74, 6) is 0.328. The fraction of sp³-hybridized carbons (Fsp3) is 0.278. The number of hydrogen-bond acceptors (Lipinski definition) is 1. The van der Waals surface area contributed by atoms with E-state index in [-0.39, 0.29) is 11.6 Å². The first-order valence-corrected chi connectivity index (χ1v) is 7.06. The van der Waals surface area contributed by atoms with Crippen LogP contribution in [0.4, 0.5) is 4.39 Å². The minimum absolute atomic E-state index is 0.0392. The molecule has 0 heterocycles. The van der Waals surface area contributed by atoms with Gasteiger partial charge in [0.15, 0.2) is 5.78 Å². The maximum atomic E-state index is 13.1. The molecule has 1 fully saturated rings. The fourth-order valence-electron chi connectivity index (χ4n) is 2.69. The molecule has 0 radical (unpaired) electrons. The van der Waals surface area contributed by atoms with Crippen molar-refractivity contribution in [2.24, 2.45) is 0 Å². The molecule has 0 spiro atoms. The zero-order valence-electron chi connectivity index (χ0n) is 11.5. The van der Waals surface area contributed by atoms with E-state index in [2.05, 4.69) is 12.1 Å². The highest BCUT2D eigenvalue weighted by Gasteiger charge is 2.20. The molecule has 20 heavy (non-hydrogen) atoms. The summed E-state index contributed by atoms with van der Waals surface area (Å²) < 4.78 is 13.1. The van der Waals surface area contributed by atoms with Crippen molar-refractivity contribution in [3.8, 4) is 0 Å². The molecule has 3 rings (SSSR count). The quantitative estimate of drug-likeness (QED) is 0.741. The van der Waals surface area contributed by atoms with Crippen LogP contribution in [-0.2, 0) is 0 Å². The van der Waals surface area contributed by atoms with Gasteiger partial charge in [-0.05, 0) is 55.0 Å². The molecule has 0 amide bonds. The highest BCUT2D eigenvalue weighted by molar-refractivity contribution is 6.09. The van der Waals surface area contributed by atoms with Gasteiger partial charge in [0, 0.05) is 11.1 Å². The van der Waals surface area contributed by atoms with E-state index in [1.807, 2.05) is 12.1 Å². The Hall–Kier alpha value is -1.96. The standard InChI is InChI=1S/C18H17FO/c1-12-11-16(19)9-10-17(12)18(20)15-7-5-14(6-8-15)13-3-2-4-13/h5-11,13H,2-4H2,1H3. The van der Waals surface area contributed by atoms with E-state index in [4.69, 9.17) is 0 Å². The molecule has 2 aromatic rings. The van der Waals surface area contributed by atoms with Gasteiger partial charge in [-0.3, -0.25) is 4.79 Å². The Morgan fingerprint density at radius 3 is 2.35 bits per heavy atom. The van der Waals surface area contributed by atoms with Crippen LogP contribution in [0.2, 0.25) is 0 Å². The van der Waals surface area contributed by atoms with E-state index in [9.17, 15) is 9.18 Å². The number of carbonyl (C=O) groups excluding carboxylic acids is 1. The van der Waals surface area contributed by atoms with Crippen LogP contribution in [0, 0.1) is 12.7 Å². The Balaban J connectivity index is 1.86. The van der Waals surface area contributed by atoms with Crippen molar-refractivity contribution in [1.29, 1.82) is 0 Å². The number of ketones is 1. The smallest absolute Gasteiger partial charge is 0.193 e. The van der Waals surface area contributed by atoms with Crippen molar-refractivity contribution in [1.82, 2.24) is 0 Å². The molecule has 1 nitrogen and oxygen atoms in total. The molecular weight excluding hydrogens is 251 g/mol. The molecule has 2 heteroatoms. The lowest BCUT2D eigenvalue weighted by atomic mass is 9.80. The average Bonchev–Trinajstić information content (AvgIpc) is 2.37. The molecule has 1 saturated carbocycles. The van der Waals surface area contributed by atoms with Crippen LogP contribution >= 0.6 is 0 Å². The third-order valence-corrected chi connectivity index (χ3v) is 4.18. The molecule has 0 N–H and O–H groups in total. The normalized spacial score (nSPS) is 14.9. The van der Waals surface area contributed by atoms with E-state index >= 15 is 0 Å². The Morgan fingerprint density at radius 2 is 1.80 bits per heavy atom. The van der Waals surface area contributed by atoms with Crippen LogP contribution in [0.1, 0.15) is 52.2 Å². The van der Waals surface area contributed by atoms with E-state index in [0.29, 0.717) is 22.6 Å². The molecule has 1 aliphatic rings. The Bertz CT molecular complexity index is 639. The fourth-order valence-corrected chi connectivity index (χ4v) is 2.69. The summed E-state index contributed by atoms with van der Waals surface area (Å²) in [6, 6.07) is 12.2. The molecule has 0 unspecified atom stereocenters. The third-order valence-electron chi connectivity index (χ3n) is 4.18. The molecule has 0 aromatic heterocycles. The van der Waals surface area contributed by atoms with E-state index in [0.717, 1.165) is 0 Å². The van der Waals surface area contributed by atoms with Gasteiger partial charge in [0.25, 0.3) is 0 Å². The Morgan fingerprint density at radius 1 is 1.10 bits per heavy atom. The van der Waals surface area contributed by atoms with Gasteiger partial charge >= 0.3 is 0 Å². The lowest BCUT2D eigenvalue weighted by Gasteiger charge is -2.25. The van der Waals surface area contributed by atoms with Gasteiger partial charge in [-0.15, -0.1) is 0 Å². The van der Waals surface area contributed by atoms with Gasteiger partial charge in [-0.1, -0.05) is 30.7 Å². The predicted molar refractivity (Wildman–Crippen MR) is 77.6 cm³/mol. The monoisotopic (exact) mass is 268 g/mol. The Labute approximate surface area is 118 Å². The maximum absolute atomic E-state index is 13.1. The number of carbonyl (C=O) groups is 1. The maximum Gasteiger partial charge on any atom is 0.193 e. The first-order valence-electron chi connectivity index (χ1n) is 7.06. The third kappa shape index (κ3) is 2.38. The largest absolute Gasteiger partial charge is 0.289 e. The second-order valence-electron chi connectivity index (χ2n) is 5.54. The Kier molecular flexibility index (Phi) is 3.39. The van der Waals surface area contributed by atoms with Crippen molar-refractivity contribution < 1.29 is 9.18 Å². The number of halogens is 1. The number of hydrogen-bond donors (Lipinski definition) is 0. The highest BCUT2D eigenvalue weighted by atomic mass is 19.1. The van der Waals surface area contributed by atoms with E-state index < -0.39 is 0 Å². The molecule has 0 atom stereocenters. The summed E-state index contributed by atoms with van der Waals surface area (Å²) in [6.07, 6.45) is 3.81. The van der Waals surface area contributed by atoms with Crippen molar-refractivity contribution in [3.63, 3.8) is 0 Å². The van der Waals surface area contributed by atoms with Crippen molar-refractivity contribution in [3.05, 3.63) is 70.5 Å². The van der Waals surface area contributed by atoms with Crippen molar-refractivity contribution >= 4 is 5.78 Å². The zero-order valence-corrected chi connectivity index (χ0v) is 11.5. The summed E-state index contributed by atoms with van der Waals surface area (Å²) in [6.45, 7) is 1.76. The van der Waals surface area contributed by atoms with Crippen LogP contribution in [0.5, 0.6) is 0 Å². The zero-order chi connectivity index (χ0) is 14.1. The topological polar surface area (TPSA) is 17.1 Å². The molecule has 1 aliphatic carbocycles. The van der Waals surface area contributed by atoms with E-state index in [1.54, 1.807) is 13.0 Å². The van der Waals surface area contributed by atoms with Gasteiger partial charge in [-0.2, -0.15) is 0 Å². The molecule has 0 saturated heterocycles. The van der Waals surface area contributed by atoms with Crippen LogP contribution in [-0.4, -0.2) is 5.78 Å². The predicted octanol–water partition coefficient (Wildman–Crippen LogP) is 4.63. The second kappa shape index (κ2) is 5.20. The van der Waals surface area contributed by atoms with Crippen molar-refractivity contribution in [2.45, 2.75) is 32.1 Å². The van der Waals surface area contributed by atoms with Crippen LogP contribution in [0.25, 0.3) is 0 Å². The number of aryl methyl sites for hydroxylation is 1. The minimum atomic E-state index is -0.306. The van der Waals surface area contributed by atoms with Crippen LogP contribution in [0.15, 0.2) is 42.5 Å². The summed E-state index contributed by atoms with van der Waals surface area (Å²) in [5, 5.41) is 0. The number of rotatable bonds is 3. The molecule has 0 bridgehead atoms. The second-order valence-corrected chi connectivity index (χ2v) is 5.54. The van der Waals surface area contributed by atoms with Gasteiger partial charge in [0.2, 0.25) is 0 Å². The van der Waals surface area contributed by atoms with Gasteiger partial charge in [0.1, 0.15) is 5.82 Å². The summed E-state index contributed by atoms with van der Waals surface area (Å²) in [5.41, 5.74) is 3.24. The van der Waals surface area contributed by atoms with Gasteiger partial charge in [-0.25, -0.2) is 4.39 Å². The van der Waals surface area contributed by atoms with Crippen LogP contribution in [0.3, 0.4) is 0 Å². The highest BCUT2D eigenvalue weighted by Crippen LogP contribution is 2.36. The molecular formula is C18H17FO. The molecule has 0 aliphatic heterocycles. The number of benzene rings is 2. The average molecular weight is 268 g/mol.